The fourth-order valence-corrected chi connectivity index (χ4v) is 2.56. The standard InChI is InChI=1S/C14H19NO4S/c1-9-8-12(20-11(9)4-5-13(16)17)14(18)15-10(2)6-7-19-3/h4-5,8,10H,6-7H2,1-3H3,(H,15,18)(H,16,17)/b5-4+. The first-order valence-corrected chi connectivity index (χ1v) is 7.07. The Balaban J connectivity index is 2.70. The lowest BCUT2D eigenvalue weighted by Crippen LogP contribution is -2.32. The Hall–Kier alpha value is -1.66. The molecule has 1 unspecified atom stereocenters. The van der Waals surface area contributed by atoms with Crippen molar-refractivity contribution in [2.75, 3.05) is 13.7 Å². The van der Waals surface area contributed by atoms with Gasteiger partial charge < -0.3 is 15.2 Å². The van der Waals surface area contributed by atoms with E-state index in [4.69, 9.17) is 9.84 Å². The van der Waals surface area contributed by atoms with Crippen LogP contribution in [0.4, 0.5) is 0 Å². The van der Waals surface area contributed by atoms with E-state index in [2.05, 4.69) is 5.32 Å². The van der Waals surface area contributed by atoms with Gasteiger partial charge in [-0.1, -0.05) is 0 Å². The summed E-state index contributed by atoms with van der Waals surface area (Å²) in [5.41, 5.74) is 0.891. The largest absolute Gasteiger partial charge is 0.478 e. The van der Waals surface area contributed by atoms with Crippen molar-refractivity contribution in [2.24, 2.45) is 0 Å². The van der Waals surface area contributed by atoms with Crippen molar-refractivity contribution in [1.82, 2.24) is 5.32 Å². The van der Waals surface area contributed by atoms with Crippen LogP contribution in [0.2, 0.25) is 0 Å². The van der Waals surface area contributed by atoms with Gasteiger partial charge in [-0.15, -0.1) is 11.3 Å². The summed E-state index contributed by atoms with van der Waals surface area (Å²) in [5, 5.41) is 11.5. The van der Waals surface area contributed by atoms with Crippen LogP contribution < -0.4 is 5.32 Å². The molecule has 1 aromatic heterocycles. The minimum atomic E-state index is -1.00. The van der Waals surface area contributed by atoms with E-state index in [1.807, 2.05) is 13.8 Å². The molecule has 0 bridgehead atoms. The molecule has 20 heavy (non-hydrogen) atoms. The van der Waals surface area contributed by atoms with Gasteiger partial charge in [0.25, 0.3) is 5.91 Å². The zero-order chi connectivity index (χ0) is 15.1. The van der Waals surface area contributed by atoms with Crippen LogP contribution in [0.1, 0.15) is 33.5 Å². The molecule has 110 valence electrons. The fourth-order valence-electron chi connectivity index (χ4n) is 1.58. The van der Waals surface area contributed by atoms with Gasteiger partial charge in [-0.25, -0.2) is 4.79 Å². The number of amides is 1. The van der Waals surface area contributed by atoms with Crippen LogP contribution in [-0.2, 0) is 9.53 Å². The van der Waals surface area contributed by atoms with E-state index in [1.165, 1.54) is 17.4 Å². The SMILES string of the molecule is COCCC(C)NC(=O)c1cc(C)c(/C=C/C(=O)O)s1. The topological polar surface area (TPSA) is 75.6 Å². The Morgan fingerprint density at radius 1 is 1.55 bits per heavy atom. The van der Waals surface area contributed by atoms with Crippen molar-refractivity contribution in [3.63, 3.8) is 0 Å². The van der Waals surface area contributed by atoms with Crippen molar-refractivity contribution < 1.29 is 19.4 Å². The third-order valence-electron chi connectivity index (χ3n) is 2.69. The van der Waals surface area contributed by atoms with Crippen LogP contribution in [0.3, 0.4) is 0 Å². The maximum atomic E-state index is 12.0. The number of methoxy groups -OCH3 is 1. The van der Waals surface area contributed by atoms with E-state index in [9.17, 15) is 9.59 Å². The van der Waals surface area contributed by atoms with Gasteiger partial charge in [0.15, 0.2) is 0 Å². The number of carbonyl (C=O) groups is 2. The number of hydrogen-bond donors (Lipinski definition) is 2. The molecule has 0 aromatic carbocycles. The van der Waals surface area contributed by atoms with E-state index < -0.39 is 5.97 Å². The number of carboxylic acid groups (broad SMARTS) is 1. The third-order valence-corrected chi connectivity index (χ3v) is 3.89. The van der Waals surface area contributed by atoms with Gasteiger partial charge in [0, 0.05) is 30.7 Å². The molecule has 1 amide bonds. The average Bonchev–Trinajstić information content (AvgIpc) is 2.75. The number of nitrogens with one attached hydrogen (secondary N) is 1. The highest BCUT2D eigenvalue weighted by atomic mass is 32.1. The Bertz CT molecular complexity index is 507. The van der Waals surface area contributed by atoms with Crippen molar-refractivity contribution in [3.8, 4) is 0 Å². The molecule has 5 nitrogen and oxygen atoms in total. The first kappa shape index (κ1) is 16.4. The third kappa shape index (κ3) is 5.14. The maximum absolute atomic E-state index is 12.0. The Morgan fingerprint density at radius 2 is 2.25 bits per heavy atom. The highest BCUT2D eigenvalue weighted by molar-refractivity contribution is 7.15. The smallest absolute Gasteiger partial charge is 0.328 e. The molecule has 1 heterocycles. The number of hydrogen-bond acceptors (Lipinski definition) is 4. The lowest BCUT2D eigenvalue weighted by Gasteiger charge is -2.12. The first-order chi connectivity index (χ1) is 9.43. The molecule has 0 saturated carbocycles. The van der Waals surface area contributed by atoms with Crippen molar-refractivity contribution in [3.05, 3.63) is 27.5 Å². The summed E-state index contributed by atoms with van der Waals surface area (Å²) >= 11 is 1.28. The summed E-state index contributed by atoms with van der Waals surface area (Å²) in [6.45, 7) is 4.36. The maximum Gasteiger partial charge on any atom is 0.328 e. The predicted octanol–water partition coefficient (Wildman–Crippen LogP) is 2.31. The van der Waals surface area contributed by atoms with Crippen molar-refractivity contribution in [2.45, 2.75) is 26.3 Å². The molecule has 1 aromatic rings. The van der Waals surface area contributed by atoms with Crippen molar-refractivity contribution >= 4 is 29.3 Å². The monoisotopic (exact) mass is 297 g/mol. The van der Waals surface area contributed by atoms with Gasteiger partial charge in [-0.2, -0.15) is 0 Å². The van der Waals surface area contributed by atoms with E-state index in [1.54, 1.807) is 13.2 Å². The van der Waals surface area contributed by atoms with Crippen LogP contribution in [-0.4, -0.2) is 36.7 Å². The highest BCUT2D eigenvalue weighted by Crippen LogP contribution is 2.23. The molecule has 0 aliphatic carbocycles. The molecule has 0 spiro atoms. The Labute approximate surface area is 122 Å². The molecule has 2 N–H and O–H groups in total. The average molecular weight is 297 g/mol. The van der Waals surface area contributed by atoms with Gasteiger partial charge in [-0.3, -0.25) is 4.79 Å². The number of carbonyl (C=O) groups excluding carboxylic acids is 1. The molecule has 1 atom stereocenters. The van der Waals surface area contributed by atoms with Crippen LogP contribution >= 0.6 is 11.3 Å². The van der Waals surface area contributed by atoms with Crippen molar-refractivity contribution in [1.29, 1.82) is 0 Å². The normalized spacial score (nSPS) is 12.6. The summed E-state index contributed by atoms with van der Waals surface area (Å²) in [5.74, 6) is -1.14. The van der Waals surface area contributed by atoms with Crippen LogP contribution in [0.25, 0.3) is 6.08 Å². The van der Waals surface area contributed by atoms with Gasteiger partial charge >= 0.3 is 5.97 Å². The number of thiophene rings is 1. The number of carboxylic acids is 1. The predicted molar refractivity (Wildman–Crippen MR) is 79.1 cm³/mol. The number of aryl methyl sites for hydroxylation is 1. The summed E-state index contributed by atoms with van der Waals surface area (Å²) in [6, 6.07) is 1.80. The van der Waals surface area contributed by atoms with E-state index in [0.717, 1.165) is 22.9 Å². The second-order valence-electron chi connectivity index (χ2n) is 4.49. The zero-order valence-electron chi connectivity index (χ0n) is 11.8. The minimum Gasteiger partial charge on any atom is -0.478 e. The fraction of sp³-hybridized carbons (Fsp3) is 0.429. The quantitative estimate of drug-likeness (QED) is 0.757. The first-order valence-electron chi connectivity index (χ1n) is 6.25. The number of ether oxygens (including phenoxy) is 1. The molecular weight excluding hydrogens is 278 g/mol. The van der Waals surface area contributed by atoms with Crippen LogP contribution in [0.5, 0.6) is 0 Å². The molecular formula is C14H19NO4S. The lowest BCUT2D eigenvalue weighted by atomic mass is 10.2. The number of rotatable bonds is 7. The van der Waals surface area contributed by atoms with E-state index in [-0.39, 0.29) is 11.9 Å². The summed E-state index contributed by atoms with van der Waals surface area (Å²) in [6.07, 6.45) is 3.33. The zero-order valence-corrected chi connectivity index (χ0v) is 12.6. The second-order valence-corrected chi connectivity index (χ2v) is 5.57. The second kappa shape index (κ2) is 7.81. The Morgan fingerprint density at radius 3 is 2.85 bits per heavy atom. The van der Waals surface area contributed by atoms with E-state index >= 15 is 0 Å². The van der Waals surface area contributed by atoms with Crippen LogP contribution in [0.15, 0.2) is 12.1 Å². The van der Waals surface area contributed by atoms with Gasteiger partial charge in [-0.05, 0) is 38.0 Å². The molecule has 6 heteroatoms. The van der Waals surface area contributed by atoms with Gasteiger partial charge in [0.05, 0.1) is 4.88 Å². The molecule has 0 aliphatic rings. The van der Waals surface area contributed by atoms with E-state index in [0.29, 0.717) is 11.5 Å². The number of aliphatic carboxylic acids is 1. The molecule has 0 fully saturated rings. The minimum absolute atomic E-state index is 0.0304. The molecule has 0 saturated heterocycles. The Kier molecular flexibility index (Phi) is 6.41. The lowest BCUT2D eigenvalue weighted by molar-refractivity contribution is -0.131. The van der Waals surface area contributed by atoms with Gasteiger partial charge in [0.1, 0.15) is 0 Å². The summed E-state index contributed by atoms with van der Waals surface area (Å²) in [7, 11) is 1.62. The summed E-state index contributed by atoms with van der Waals surface area (Å²) < 4.78 is 4.96. The van der Waals surface area contributed by atoms with Gasteiger partial charge in [0.2, 0.25) is 0 Å². The molecule has 1 rings (SSSR count). The highest BCUT2D eigenvalue weighted by Gasteiger charge is 2.13. The molecule has 0 aliphatic heterocycles. The summed E-state index contributed by atoms with van der Waals surface area (Å²) in [4.78, 5) is 23.9. The molecule has 0 radical (unpaired) electrons. The van der Waals surface area contributed by atoms with Crippen LogP contribution in [0, 0.1) is 6.92 Å².